The number of nitrogens with two attached hydrogens (primary N) is 2. The van der Waals surface area contributed by atoms with Gasteiger partial charge in [-0.15, -0.1) is 0 Å². The highest BCUT2D eigenvalue weighted by Crippen LogP contribution is 2.29. The molecule has 2 rings (SSSR count). The predicted molar refractivity (Wildman–Crippen MR) is 101 cm³/mol. The van der Waals surface area contributed by atoms with Gasteiger partial charge in [0.2, 0.25) is 10.0 Å². The van der Waals surface area contributed by atoms with E-state index < -0.39 is 10.0 Å². The van der Waals surface area contributed by atoms with Crippen molar-refractivity contribution >= 4 is 21.7 Å². The van der Waals surface area contributed by atoms with Gasteiger partial charge >= 0.3 is 0 Å². The fraction of sp³-hybridized carbons (Fsp3) is 0.235. The van der Waals surface area contributed by atoms with Gasteiger partial charge in [0.05, 0.1) is 19.1 Å². The lowest BCUT2D eigenvalue weighted by atomic mass is 10.1. The van der Waals surface area contributed by atoms with Gasteiger partial charge < -0.3 is 20.5 Å². The number of methoxy groups -OCH3 is 2. The van der Waals surface area contributed by atoms with Crippen molar-refractivity contribution in [1.82, 2.24) is 0 Å². The smallest absolute Gasteiger partial charge is 0.238 e. The fourth-order valence-corrected chi connectivity index (χ4v) is 2.77. The van der Waals surface area contributed by atoms with Gasteiger partial charge in [0.1, 0.15) is 0 Å². The summed E-state index contributed by atoms with van der Waals surface area (Å²) in [5, 5.41) is 8.05. The van der Waals surface area contributed by atoms with Crippen LogP contribution in [0.1, 0.15) is 5.56 Å². The number of nitrogens with one attached hydrogen (secondary N) is 1. The summed E-state index contributed by atoms with van der Waals surface area (Å²) in [4.78, 5) is 4.34. The van der Waals surface area contributed by atoms with Gasteiger partial charge in [-0.3, -0.25) is 4.99 Å². The summed E-state index contributed by atoms with van der Waals surface area (Å²) in [6.07, 6.45) is 0.610. The zero-order valence-electron chi connectivity index (χ0n) is 14.6. The first-order chi connectivity index (χ1) is 12.3. The Balaban J connectivity index is 1.94. The van der Waals surface area contributed by atoms with Crippen LogP contribution in [0.2, 0.25) is 0 Å². The largest absolute Gasteiger partial charge is 0.493 e. The van der Waals surface area contributed by atoms with Crippen molar-refractivity contribution in [1.29, 1.82) is 0 Å². The number of sulfonamides is 1. The molecular formula is C17H22N4O4S. The molecule has 0 bridgehead atoms. The van der Waals surface area contributed by atoms with Crippen molar-refractivity contribution in [2.45, 2.75) is 11.3 Å². The highest BCUT2D eigenvalue weighted by atomic mass is 32.2. The van der Waals surface area contributed by atoms with E-state index in [0.717, 1.165) is 11.3 Å². The molecule has 0 spiro atoms. The third-order valence-electron chi connectivity index (χ3n) is 3.59. The van der Waals surface area contributed by atoms with E-state index in [1.165, 1.54) is 12.1 Å². The Morgan fingerprint density at radius 2 is 1.73 bits per heavy atom. The van der Waals surface area contributed by atoms with E-state index in [1.807, 2.05) is 0 Å². The molecule has 0 unspecified atom stereocenters. The second-order valence-electron chi connectivity index (χ2n) is 5.40. The highest BCUT2D eigenvalue weighted by molar-refractivity contribution is 7.89. The van der Waals surface area contributed by atoms with Crippen LogP contribution < -0.4 is 25.7 Å². The summed E-state index contributed by atoms with van der Waals surface area (Å²) in [5.41, 5.74) is 7.54. The summed E-state index contributed by atoms with van der Waals surface area (Å²) in [5.74, 6) is 1.47. The van der Waals surface area contributed by atoms with Crippen LogP contribution >= 0.6 is 0 Å². The Morgan fingerprint density at radius 1 is 1.08 bits per heavy atom. The standard InChI is InChI=1S/C17H22N4O4S/c1-24-15-8-5-13(11-16(15)25-2)21-17(18)20-10-9-12-3-6-14(7-4-12)26(19,22)23/h3-8,11H,9-10H2,1-2H3,(H3,18,20,21)(H2,19,22,23). The number of nitrogens with zero attached hydrogens (tertiary/aromatic N) is 1. The van der Waals surface area contributed by atoms with Crippen LogP contribution in [0, 0.1) is 0 Å². The minimum atomic E-state index is -3.68. The van der Waals surface area contributed by atoms with Gasteiger partial charge in [0.15, 0.2) is 17.5 Å². The van der Waals surface area contributed by atoms with Crippen LogP contribution in [0.25, 0.3) is 0 Å². The van der Waals surface area contributed by atoms with Gasteiger partial charge in [0, 0.05) is 18.3 Å². The molecular weight excluding hydrogens is 356 g/mol. The van der Waals surface area contributed by atoms with Gasteiger partial charge in [0.25, 0.3) is 0 Å². The van der Waals surface area contributed by atoms with E-state index >= 15 is 0 Å². The minimum absolute atomic E-state index is 0.0828. The molecule has 0 atom stereocenters. The molecule has 0 saturated heterocycles. The van der Waals surface area contributed by atoms with Crippen LogP contribution in [-0.4, -0.2) is 35.1 Å². The van der Waals surface area contributed by atoms with Crippen LogP contribution in [0.15, 0.2) is 52.4 Å². The number of anilines is 1. The maximum Gasteiger partial charge on any atom is 0.238 e. The molecule has 0 amide bonds. The first-order valence-corrected chi connectivity index (χ1v) is 9.29. The topological polar surface area (TPSA) is 129 Å². The molecule has 0 aliphatic heterocycles. The average Bonchev–Trinajstić information content (AvgIpc) is 2.61. The summed E-state index contributed by atoms with van der Waals surface area (Å²) in [7, 11) is -0.554. The molecule has 9 heteroatoms. The van der Waals surface area contributed by atoms with E-state index in [-0.39, 0.29) is 10.9 Å². The van der Waals surface area contributed by atoms with Crippen LogP contribution in [0.3, 0.4) is 0 Å². The lowest BCUT2D eigenvalue weighted by Gasteiger charge is -2.11. The van der Waals surface area contributed by atoms with E-state index in [0.29, 0.717) is 24.5 Å². The average molecular weight is 378 g/mol. The molecule has 0 saturated carbocycles. The molecule has 140 valence electrons. The van der Waals surface area contributed by atoms with Crippen molar-refractivity contribution < 1.29 is 17.9 Å². The highest BCUT2D eigenvalue weighted by Gasteiger charge is 2.07. The zero-order valence-corrected chi connectivity index (χ0v) is 15.4. The van der Waals surface area contributed by atoms with Crippen LogP contribution in [-0.2, 0) is 16.4 Å². The number of aliphatic imine (C=N–C) groups is 1. The summed E-state index contributed by atoms with van der Waals surface area (Å²) in [6, 6.07) is 11.7. The Kier molecular flexibility index (Phi) is 6.42. The lowest BCUT2D eigenvalue weighted by molar-refractivity contribution is 0.355. The SMILES string of the molecule is COc1ccc(NC(N)=NCCc2ccc(S(N)(=O)=O)cc2)cc1OC. The number of hydrogen-bond acceptors (Lipinski definition) is 5. The number of primary sulfonamides is 1. The number of benzene rings is 2. The molecule has 0 fully saturated rings. The van der Waals surface area contributed by atoms with Gasteiger partial charge in [-0.1, -0.05) is 12.1 Å². The number of ether oxygens (including phenoxy) is 2. The Morgan fingerprint density at radius 3 is 2.31 bits per heavy atom. The molecule has 2 aromatic carbocycles. The van der Waals surface area contributed by atoms with Gasteiger partial charge in [-0.2, -0.15) is 0 Å². The van der Waals surface area contributed by atoms with Crippen molar-refractivity contribution in [3.05, 3.63) is 48.0 Å². The van der Waals surface area contributed by atoms with Gasteiger partial charge in [-0.25, -0.2) is 13.6 Å². The monoisotopic (exact) mass is 378 g/mol. The number of guanidine groups is 1. The number of rotatable bonds is 7. The van der Waals surface area contributed by atoms with Crippen molar-refractivity contribution in [2.24, 2.45) is 15.9 Å². The molecule has 2 aromatic rings. The predicted octanol–water partition coefficient (Wildman–Crippen LogP) is 1.32. The third-order valence-corrected chi connectivity index (χ3v) is 4.52. The quantitative estimate of drug-likeness (QED) is 0.492. The molecule has 0 aliphatic rings. The zero-order chi connectivity index (χ0) is 19.2. The second-order valence-corrected chi connectivity index (χ2v) is 6.96. The Labute approximate surface area is 152 Å². The summed E-state index contributed by atoms with van der Waals surface area (Å²) in [6.45, 7) is 0.445. The first kappa shape index (κ1) is 19.5. The third kappa shape index (κ3) is 5.36. The van der Waals surface area contributed by atoms with Crippen molar-refractivity contribution in [2.75, 3.05) is 26.1 Å². The van der Waals surface area contributed by atoms with E-state index in [4.69, 9.17) is 20.3 Å². The van der Waals surface area contributed by atoms with E-state index in [1.54, 1.807) is 44.6 Å². The summed E-state index contributed by atoms with van der Waals surface area (Å²) < 4.78 is 32.9. The second kappa shape index (κ2) is 8.54. The maximum absolute atomic E-state index is 11.2. The van der Waals surface area contributed by atoms with Crippen LogP contribution in [0.4, 0.5) is 5.69 Å². The lowest BCUT2D eigenvalue weighted by Crippen LogP contribution is -2.23. The Bertz CT molecular complexity index is 880. The minimum Gasteiger partial charge on any atom is -0.493 e. The Hall–Kier alpha value is -2.78. The molecule has 0 aromatic heterocycles. The summed E-state index contributed by atoms with van der Waals surface area (Å²) >= 11 is 0. The van der Waals surface area contributed by atoms with E-state index in [9.17, 15) is 8.42 Å². The van der Waals surface area contributed by atoms with Gasteiger partial charge in [-0.05, 0) is 36.2 Å². The molecule has 0 aliphatic carbocycles. The van der Waals surface area contributed by atoms with E-state index in [2.05, 4.69) is 10.3 Å². The number of hydrogen-bond donors (Lipinski definition) is 3. The van der Waals surface area contributed by atoms with Crippen molar-refractivity contribution in [3.8, 4) is 11.5 Å². The molecule has 0 heterocycles. The molecule has 8 nitrogen and oxygen atoms in total. The van der Waals surface area contributed by atoms with Crippen LogP contribution in [0.5, 0.6) is 11.5 Å². The molecule has 5 N–H and O–H groups in total. The first-order valence-electron chi connectivity index (χ1n) is 7.74. The maximum atomic E-state index is 11.2. The molecule has 26 heavy (non-hydrogen) atoms. The normalized spacial score (nSPS) is 11.9. The fourth-order valence-electron chi connectivity index (χ4n) is 2.25. The van der Waals surface area contributed by atoms with Crippen molar-refractivity contribution in [3.63, 3.8) is 0 Å². The molecule has 0 radical (unpaired) electrons.